The summed E-state index contributed by atoms with van der Waals surface area (Å²) in [6, 6.07) is 0.0311. The van der Waals surface area contributed by atoms with Crippen molar-refractivity contribution < 1.29 is 19.2 Å². The van der Waals surface area contributed by atoms with E-state index in [2.05, 4.69) is 5.32 Å². The van der Waals surface area contributed by atoms with Crippen LogP contribution in [0, 0.1) is 0 Å². The van der Waals surface area contributed by atoms with E-state index in [1.165, 1.54) is 11.8 Å². The van der Waals surface area contributed by atoms with Crippen molar-refractivity contribution in [2.24, 2.45) is 0 Å². The van der Waals surface area contributed by atoms with Gasteiger partial charge in [0.15, 0.2) is 5.12 Å². The van der Waals surface area contributed by atoms with Crippen molar-refractivity contribution >= 4 is 34.7 Å². The number of rotatable bonds is 1. The fourth-order valence-electron chi connectivity index (χ4n) is 3.30. The SMILES string of the molecule is CC(=O)N1CCNCC1.CC(=O)SC1CN(C(=O)N2CCN(C(C)=O)CC2)C1. The molecule has 9 nitrogen and oxygen atoms in total. The van der Waals surface area contributed by atoms with E-state index in [-0.39, 0.29) is 28.2 Å². The molecule has 4 amide bonds. The van der Waals surface area contributed by atoms with Crippen molar-refractivity contribution in [3.8, 4) is 0 Å². The fraction of sp³-hybridized carbons (Fsp3) is 0.778. The van der Waals surface area contributed by atoms with Crippen LogP contribution < -0.4 is 5.32 Å². The summed E-state index contributed by atoms with van der Waals surface area (Å²) in [4.78, 5) is 52.1. The number of piperazine rings is 2. The van der Waals surface area contributed by atoms with Gasteiger partial charge in [0.2, 0.25) is 11.8 Å². The highest BCUT2D eigenvalue weighted by Gasteiger charge is 2.35. The van der Waals surface area contributed by atoms with Crippen LogP contribution in [0.5, 0.6) is 0 Å². The molecule has 0 aromatic carbocycles. The molecular formula is C18H31N5O4S. The largest absolute Gasteiger partial charge is 0.340 e. The minimum absolute atomic E-state index is 0.0311. The Balaban J connectivity index is 0.000000261. The molecule has 3 fully saturated rings. The highest BCUT2D eigenvalue weighted by atomic mass is 32.2. The van der Waals surface area contributed by atoms with Gasteiger partial charge in [0.25, 0.3) is 0 Å². The molecule has 0 spiro atoms. The number of carbonyl (C=O) groups excluding carboxylic acids is 4. The van der Waals surface area contributed by atoms with Crippen LogP contribution in [-0.4, -0.2) is 113 Å². The Morgan fingerprint density at radius 3 is 1.61 bits per heavy atom. The molecule has 0 atom stereocenters. The first-order valence-corrected chi connectivity index (χ1v) is 10.6. The van der Waals surface area contributed by atoms with Crippen molar-refractivity contribution in [3.05, 3.63) is 0 Å². The minimum Gasteiger partial charge on any atom is -0.340 e. The van der Waals surface area contributed by atoms with Gasteiger partial charge >= 0.3 is 6.03 Å². The first-order valence-electron chi connectivity index (χ1n) is 9.70. The van der Waals surface area contributed by atoms with Crippen molar-refractivity contribution in [2.45, 2.75) is 26.0 Å². The zero-order chi connectivity index (χ0) is 20.7. The molecule has 0 saturated carbocycles. The maximum atomic E-state index is 12.1. The second-order valence-corrected chi connectivity index (χ2v) is 8.65. The zero-order valence-electron chi connectivity index (χ0n) is 17.0. The van der Waals surface area contributed by atoms with Gasteiger partial charge in [-0.1, -0.05) is 11.8 Å². The van der Waals surface area contributed by atoms with Gasteiger partial charge in [-0.15, -0.1) is 0 Å². The van der Waals surface area contributed by atoms with Gasteiger partial charge in [-0.2, -0.15) is 0 Å². The zero-order valence-corrected chi connectivity index (χ0v) is 17.8. The van der Waals surface area contributed by atoms with Gasteiger partial charge in [-0.05, 0) is 0 Å². The summed E-state index contributed by atoms with van der Waals surface area (Å²) in [6.07, 6.45) is 0. The van der Waals surface area contributed by atoms with Crippen LogP contribution in [0.2, 0.25) is 0 Å². The van der Waals surface area contributed by atoms with Gasteiger partial charge in [0.1, 0.15) is 0 Å². The molecule has 3 saturated heterocycles. The molecule has 10 heteroatoms. The van der Waals surface area contributed by atoms with E-state index in [9.17, 15) is 19.2 Å². The average molecular weight is 414 g/mol. The van der Waals surface area contributed by atoms with Gasteiger partial charge < -0.3 is 24.9 Å². The first kappa shape index (κ1) is 22.5. The predicted octanol–water partition coefficient (Wildman–Crippen LogP) is -0.327. The summed E-state index contributed by atoms with van der Waals surface area (Å²) in [5, 5.41) is 3.53. The Bertz CT molecular complexity index is 583. The fourth-order valence-corrected chi connectivity index (χ4v) is 4.27. The van der Waals surface area contributed by atoms with Crippen molar-refractivity contribution in [2.75, 3.05) is 65.4 Å². The summed E-state index contributed by atoms with van der Waals surface area (Å²) in [7, 11) is 0. The van der Waals surface area contributed by atoms with Crippen LogP contribution >= 0.6 is 11.8 Å². The summed E-state index contributed by atoms with van der Waals surface area (Å²) in [5.74, 6) is 0.255. The lowest BCUT2D eigenvalue weighted by atomic mass is 10.2. The summed E-state index contributed by atoms with van der Waals surface area (Å²) >= 11 is 1.31. The van der Waals surface area contributed by atoms with E-state index in [4.69, 9.17) is 0 Å². The minimum atomic E-state index is 0.0311. The molecule has 0 aromatic heterocycles. The van der Waals surface area contributed by atoms with Gasteiger partial charge in [0, 0.05) is 91.5 Å². The molecule has 0 aromatic rings. The van der Waals surface area contributed by atoms with Crippen molar-refractivity contribution in [3.63, 3.8) is 0 Å². The van der Waals surface area contributed by atoms with Crippen LogP contribution in [-0.2, 0) is 14.4 Å². The lowest BCUT2D eigenvalue weighted by Crippen LogP contribution is -2.60. The lowest BCUT2D eigenvalue weighted by Gasteiger charge is -2.43. The van der Waals surface area contributed by atoms with Crippen LogP contribution in [0.4, 0.5) is 4.79 Å². The summed E-state index contributed by atoms with van der Waals surface area (Å²) in [5.41, 5.74) is 0. The topological polar surface area (TPSA) is 93.3 Å². The quantitative estimate of drug-likeness (QED) is 0.633. The maximum absolute atomic E-state index is 12.1. The monoisotopic (exact) mass is 413 g/mol. The number of carbonyl (C=O) groups is 4. The number of hydrogen-bond donors (Lipinski definition) is 1. The molecule has 0 aliphatic carbocycles. The third kappa shape index (κ3) is 6.66. The van der Waals surface area contributed by atoms with Crippen molar-refractivity contribution in [1.29, 1.82) is 0 Å². The van der Waals surface area contributed by atoms with Crippen LogP contribution in [0.3, 0.4) is 0 Å². The Morgan fingerprint density at radius 2 is 1.18 bits per heavy atom. The molecule has 28 heavy (non-hydrogen) atoms. The molecule has 158 valence electrons. The number of thioether (sulfide) groups is 1. The molecule has 3 aliphatic rings. The third-order valence-corrected chi connectivity index (χ3v) is 5.97. The average Bonchev–Trinajstić information content (AvgIpc) is 2.65. The predicted molar refractivity (Wildman–Crippen MR) is 108 cm³/mol. The smallest absolute Gasteiger partial charge is 0.320 e. The Kier molecular flexibility index (Phi) is 8.56. The molecule has 0 bridgehead atoms. The Labute approximate surface area is 170 Å². The van der Waals surface area contributed by atoms with Crippen LogP contribution in [0.25, 0.3) is 0 Å². The third-order valence-electron chi connectivity index (χ3n) is 5.01. The molecule has 0 unspecified atom stereocenters. The Morgan fingerprint density at radius 1 is 0.714 bits per heavy atom. The first-order chi connectivity index (χ1) is 13.3. The number of nitrogens with one attached hydrogen (secondary N) is 1. The number of amides is 4. The van der Waals surface area contributed by atoms with Gasteiger partial charge in [-0.3, -0.25) is 14.4 Å². The number of hydrogen-bond acceptors (Lipinski definition) is 6. The molecule has 3 rings (SSSR count). The molecule has 0 radical (unpaired) electrons. The van der Waals surface area contributed by atoms with Crippen LogP contribution in [0.1, 0.15) is 20.8 Å². The van der Waals surface area contributed by atoms with E-state index in [1.54, 1.807) is 35.5 Å². The second kappa shape index (κ2) is 10.7. The van der Waals surface area contributed by atoms with E-state index < -0.39 is 0 Å². The number of urea groups is 1. The number of likely N-dealkylation sites (tertiary alicyclic amines) is 1. The molecular weight excluding hydrogens is 382 g/mol. The second-order valence-electron chi connectivity index (χ2n) is 7.17. The highest BCUT2D eigenvalue weighted by Crippen LogP contribution is 2.24. The van der Waals surface area contributed by atoms with E-state index in [0.29, 0.717) is 39.3 Å². The standard InChI is InChI=1S/C12H19N3O3S.C6H12N2O/c1-9(16)13-3-5-14(6-4-13)12(18)15-7-11(8-15)19-10(2)17;1-6(9)8-4-2-7-3-5-8/h11H,3-8H2,1-2H3;7H,2-5H2,1H3. The summed E-state index contributed by atoms with van der Waals surface area (Å²) < 4.78 is 0. The highest BCUT2D eigenvalue weighted by molar-refractivity contribution is 8.14. The maximum Gasteiger partial charge on any atom is 0.320 e. The van der Waals surface area contributed by atoms with E-state index in [0.717, 1.165) is 26.2 Å². The normalized spacial score (nSPS) is 20.1. The Hall–Kier alpha value is -1.81. The van der Waals surface area contributed by atoms with Crippen molar-refractivity contribution in [1.82, 2.24) is 24.9 Å². The van der Waals surface area contributed by atoms with E-state index in [1.807, 2.05) is 4.90 Å². The van der Waals surface area contributed by atoms with Crippen LogP contribution in [0.15, 0.2) is 0 Å². The summed E-state index contributed by atoms with van der Waals surface area (Å²) in [6.45, 7) is 12.1. The number of nitrogens with zero attached hydrogens (tertiary/aromatic N) is 4. The molecule has 1 N–H and O–H groups in total. The van der Waals surface area contributed by atoms with E-state index >= 15 is 0 Å². The molecule has 3 aliphatic heterocycles. The lowest BCUT2D eigenvalue weighted by molar-refractivity contribution is -0.130. The molecule has 3 heterocycles. The van der Waals surface area contributed by atoms with Gasteiger partial charge in [0.05, 0.1) is 0 Å². The van der Waals surface area contributed by atoms with Gasteiger partial charge in [-0.25, -0.2) is 4.79 Å².